The zero-order valence-electron chi connectivity index (χ0n) is 15.2. The van der Waals surface area contributed by atoms with E-state index in [9.17, 15) is 9.90 Å². The zero-order chi connectivity index (χ0) is 17.0. The maximum atomic E-state index is 12.3. The lowest BCUT2D eigenvalue weighted by atomic mass is 9.78. The summed E-state index contributed by atoms with van der Waals surface area (Å²) < 4.78 is 5.97. The second-order valence-electron chi connectivity index (χ2n) is 8.38. The highest BCUT2D eigenvalue weighted by atomic mass is 16.5. The van der Waals surface area contributed by atoms with Crippen molar-refractivity contribution in [1.29, 1.82) is 0 Å². The zero-order valence-corrected chi connectivity index (χ0v) is 15.2. The maximum absolute atomic E-state index is 12.3. The molecule has 0 spiro atoms. The average molecular weight is 326 g/mol. The molecule has 0 bridgehead atoms. The first kappa shape index (κ1) is 18.5. The molecule has 4 unspecified atom stereocenters. The van der Waals surface area contributed by atoms with E-state index in [0.717, 1.165) is 38.7 Å². The van der Waals surface area contributed by atoms with Crippen LogP contribution in [0.4, 0.5) is 4.79 Å². The van der Waals surface area contributed by atoms with Crippen LogP contribution in [0, 0.1) is 17.3 Å². The minimum absolute atomic E-state index is 0.0395. The Hall–Kier alpha value is -0.810. The molecule has 1 aliphatic carbocycles. The molecule has 2 aliphatic rings. The van der Waals surface area contributed by atoms with Gasteiger partial charge >= 0.3 is 6.03 Å². The van der Waals surface area contributed by atoms with Gasteiger partial charge in [-0.1, -0.05) is 27.2 Å². The van der Waals surface area contributed by atoms with E-state index in [1.807, 2.05) is 7.05 Å². The van der Waals surface area contributed by atoms with Gasteiger partial charge in [-0.2, -0.15) is 0 Å². The molecule has 1 aliphatic heterocycles. The number of urea groups is 1. The first-order valence-corrected chi connectivity index (χ1v) is 9.07. The summed E-state index contributed by atoms with van der Waals surface area (Å²) in [5, 5.41) is 13.0. The van der Waals surface area contributed by atoms with Crippen molar-refractivity contribution in [2.75, 3.05) is 26.7 Å². The minimum atomic E-state index is -0.248. The standard InChI is InChI=1S/C18H34N2O3/c1-18(2,3)16-13(8-6-10-23-16)11-19-17(22)20(4)12-14-7-5-9-15(14)21/h13-16,21H,5-12H2,1-4H3,(H,19,22). The van der Waals surface area contributed by atoms with Gasteiger partial charge in [0.1, 0.15) is 0 Å². The number of nitrogens with one attached hydrogen (secondary N) is 1. The van der Waals surface area contributed by atoms with Crippen molar-refractivity contribution >= 4 is 6.03 Å². The summed E-state index contributed by atoms with van der Waals surface area (Å²) in [6.07, 6.45) is 5.06. The van der Waals surface area contributed by atoms with E-state index in [1.165, 1.54) is 0 Å². The summed E-state index contributed by atoms with van der Waals surface area (Å²) in [6, 6.07) is -0.0395. The summed E-state index contributed by atoms with van der Waals surface area (Å²) in [7, 11) is 1.82. The maximum Gasteiger partial charge on any atom is 0.317 e. The van der Waals surface area contributed by atoms with Crippen LogP contribution in [0.5, 0.6) is 0 Å². The number of hydrogen-bond acceptors (Lipinski definition) is 3. The first-order chi connectivity index (χ1) is 10.8. The molecule has 2 rings (SSSR count). The molecule has 1 heterocycles. The monoisotopic (exact) mass is 326 g/mol. The summed E-state index contributed by atoms with van der Waals surface area (Å²) in [5.41, 5.74) is 0.0929. The Bertz CT molecular complexity index is 394. The van der Waals surface area contributed by atoms with Gasteiger partial charge in [0.25, 0.3) is 0 Å². The average Bonchev–Trinajstić information content (AvgIpc) is 2.89. The van der Waals surface area contributed by atoms with Crippen molar-refractivity contribution in [3.8, 4) is 0 Å². The Morgan fingerprint density at radius 1 is 1.22 bits per heavy atom. The minimum Gasteiger partial charge on any atom is -0.393 e. The second-order valence-corrected chi connectivity index (χ2v) is 8.38. The van der Waals surface area contributed by atoms with E-state index < -0.39 is 0 Å². The molecule has 0 radical (unpaired) electrons. The van der Waals surface area contributed by atoms with Crippen LogP contribution in [0.2, 0.25) is 0 Å². The van der Waals surface area contributed by atoms with Gasteiger partial charge < -0.3 is 20.1 Å². The molecule has 1 saturated carbocycles. The number of aliphatic hydroxyl groups excluding tert-OH is 1. The van der Waals surface area contributed by atoms with Gasteiger partial charge in [-0.25, -0.2) is 4.79 Å². The number of rotatable bonds is 4. The van der Waals surface area contributed by atoms with Crippen LogP contribution in [-0.4, -0.2) is 55.0 Å². The van der Waals surface area contributed by atoms with Gasteiger partial charge in [0.15, 0.2) is 0 Å². The Morgan fingerprint density at radius 2 is 1.91 bits per heavy atom. The topological polar surface area (TPSA) is 61.8 Å². The highest BCUT2D eigenvalue weighted by Gasteiger charge is 2.35. The van der Waals surface area contributed by atoms with Gasteiger partial charge in [-0.3, -0.25) is 0 Å². The largest absolute Gasteiger partial charge is 0.393 e. The molecular formula is C18H34N2O3. The van der Waals surface area contributed by atoms with Crippen molar-refractivity contribution in [2.24, 2.45) is 17.3 Å². The number of carbonyl (C=O) groups excluding carboxylic acids is 1. The molecule has 0 aromatic rings. The molecule has 0 aromatic carbocycles. The molecule has 134 valence electrons. The summed E-state index contributed by atoms with van der Waals surface area (Å²) in [6.45, 7) is 8.73. The third-order valence-electron chi connectivity index (χ3n) is 5.29. The van der Waals surface area contributed by atoms with Crippen molar-refractivity contribution in [1.82, 2.24) is 10.2 Å². The lowest BCUT2D eigenvalue weighted by molar-refractivity contribution is -0.0839. The number of amides is 2. The van der Waals surface area contributed by atoms with Crippen molar-refractivity contribution in [2.45, 2.75) is 65.1 Å². The van der Waals surface area contributed by atoms with Crippen molar-refractivity contribution < 1.29 is 14.6 Å². The molecule has 23 heavy (non-hydrogen) atoms. The van der Waals surface area contributed by atoms with Gasteiger partial charge in [-0.15, -0.1) is 0 Å². The van der Waals surface area contributed by atoms with Crippen LogP contribution in [-0.2, 0) is 4.74 Å². The van der Waals surface area contributed by atoms with E-state index >= 15 is 0 Å². The predicted molar refractivity (Wildman–Crippen MR) is 91.3 cm³/mol. The molecule has 5 heteroatoms. The molecule has 2 amide bonds. The van der Waals surface area contributed by atoms with Gasteiger partial charge in [0.05, 0.1) is 12.2 Å². The fraction of sp³-hybridized carbons (Fsp3) is 0.944. The quantitative estimate of drug-likeness (QED) is 0.835. The summed E-state index contributed by atoms with van der Waals surface area (Å²) >= 11 is 0. The number of aliphatic hydroxyl groups is 1. The Kier molecular flexibility index (Phi) is 6.32. The molecular weight excluding hydrogens is 292 g/mol. The Labute approximate surface area is 140 Å². The van der Waals surface area contributed by atoms with Crippen LogP contribution in [0.15, 0.2) is 0 Å². The Morgan fingerprint density at radius 3 is 2.52 bits per heavy atom. The Balaban J connectivity index is 1.80. The molecule has 5 nitrogen and oxygen atoms in total. The second kappa shape index (κ2) is 7.84. The van der Waals surface area contributed by atoms with E-state index in [4.69, 9.17) is 4.74 Å². The smallest absolute Gasteiger partial charge is 0.317 e. The van der Waals surface area contributed by atoms with Crippen molar-refractivity contribution in [3.63, 3.8) is 0 Å². The van der Waals surface area contributed by atoms with Gasteiger partial charge in [0.2, 0.25) is 0 Å². The van der Waals surface area contributed by atoms with Crippen LogP contribution in [0.3, 0.4) is 0 Å². The highest BCUT2D eigenvalue weighted by Crippen LogP contribution is 2.33. The van der Waals surface area contributed by atoms with E-state index in [1.54, 1.807) is 4.90 Å². The highest BCUT2D eigenvalue weighted by molar-refractivity contribution is 5.73. The molecule has 2 fully saturated rings. The van der Waals surface area contributed by atoms with Crippen LogP contribution >= 0.6 is 0 Å². The molecule has 0 aromatic heterocycles. The van der Waals surface area contributed by atoms with Crippen LogP contribution in [0.25, 0.3) is 0 Å². The number of nitrogens with zero attached hydrogens (tertiary/aromatic N) is 1. The summed E-state index contributed by atoms with van der Waals surface area (Å²) in [4.78, 5) is 14.0. The lowest BCUT2D eigenvalue weighted by Crippen LogP contribution is -2.48. The fourth-order valence-electron chi connectivity index (χ4n) is 4.03. The molecule has 1 saturated heterocycles. The lowest BCUT2D eigenvalue weighted by Gasteiger charge is -2.40. The number of hydrogen-bond donors (Lipinski definition) is 2. The van der Waals surface area contributed by atoms with Crippen molar-refractivity contribution in [3.05, 3.63) is 0 Å². The van der Waals surface area contributed by atoms with Gasteiger partial charge in [-0.05, 0) is 31.1 Å². The van der Waals surface area contributed by atoms with E-state index in [2.05, 4.69) is 26.1 Å². The van der Waals surface area contributed by atoms with Crippen LogP contribution < -0.4 is 5.32 Å². The van der Waals surface area contributed by atoms with E-state index in [0.29, 0.717) is 19.0 Å². The predicted octanol–water partition coefficient (Wildman–Crippen LogP) is 2.63. The van der Waals surface area contributed by atoms with Gasteiger partial charge in [0, 0.05) is 38.6 Å². The summed E-state index contributed by atoms with van der Waals surface area (Å²) in [5.74, 6) is 0.601. The van der Waals surface area contributed by atoms with E-state index in [-0.39, 0.29) is 29.6 Å². The molecule has 2 N–H and O–H groups in total. The first-order valence-electron chi connectivity index (χ1n) is 9.07. The third kappa shape index (κ3) is 5.08. The van der Waals surface area contributed by atoms with Crippen LogP contribution in [0.1, 0.15) is 52.9 Å². The SMILES string of the molecule is CN(CC1CCCC1O)C(=O)NCC1CCCOC1C(C)(C)C. The number of carbonyl (C=O) groups is 1. The third-order valence-corrected chi connectivity index (χ3v) is 5.29. The number of ether oxygens (including phenoxy) is 1. The molecule has 4 atom stereocenters. The normalized spacial score (nSPS) is 31.9. The fourth-order valence-corrected chi connectivity index (χ4v) is 4.03.